The zero-order chi connectivity index (χ0) is 9.10. The predicted octanol–water partition coefficient (Wildman–Crippen LogP) is 0.959. The van der Waals surface area contributed by atoms with E-state index < -0.39 is 0 Å². The molecule has 2 rings (SSSR count). The van der Waals surface area contributed by atoms with Crippen LogP contribution in [-0.2, 0) is 12.8 Å². The molecule has 2 aromatic rings. The van der Waals surface area contributed by atoms with Crippen LogP contribution in [0.15, 0.2) is 16.0 Å². The van der Waals surface area contributed by atoms with E-state index in [0.29, 0.717) is 0 Å². The third-order valence-corrected chi connectivity index (χ3v) is 3.22. The molecule has 2 heterocycles. The molecule has 68 valence electrons. The summed E-state index contributed by atoms with van der Waals surface area (Å²) >= 11 is 3.16. The minimum absolute atomic E-state index is 0.795. The molecule has 0 atom stereocenters. The lowest BCUT2D eigenvalue weighted by Crippen LogP contribution is -1.92. The standard InChI is InChI=1S/C6H7N5S2/c1-11-8-2-5(10-11)3-12-6-9-7-4-13-6/h2,4H,3H2,1H3. The first-order chi connectivity index (χ1) is 6.34. The number of aryl methyl sites for hydroxylation is 1. The molecule has 0 aliphatic heterocycles. The molecule has 0 unspecified atom stereocenters. The van der Waals surface area contributed by atoms with Gasteiger partial charge in [-0.15, -0.1) is 10.2 Å². The summed E-state index contributed by atoms with van der Waals surface area (Å²) < 4.78 is 0.964. The van der Waals surface area contributed by atoms with Gasteiger partial charge in [-0.2, -0.15) is 15.0 Å². The van der Waals surface area contributed by atoms with E-state index in [2.05, 4.69) is 20.4 Å². The highest BCUT2D eigenvalue weighted by Crippen LogP contribution is 2.22. The zero-order valence-electron chi connectivity index (χ0n) is 6.91. The van der Waals surface area contributed by atoms with Gasteiger partial charge in [-0.1, -0.05) is 23.1 Å². The van der Waals surface area contributed by atoms with Crippen LogP contribution >= 0.6 is 23.1 Å². The van der Waals surface area contributed by atoms with Crippen molar-refractivity contribution >= 4 is 23.1 Å². The lowest BCUT2D eigenvalue weighted by atomic mass is 10.6. The highest BCUT2D eigenvalue weighted by molar-refractivity contribution is 8.00. The summed E-state index contributed by atoms with van der Waals surface area (Å²) in [6.07, 6.45) is 1.76. The van der Waals surface area contributed by atoms with Crippen LogP contribution in [0.5, 0.6) is 0 Å². The molecule has 0 amide bonds. The third kappa shape index (κ3) is 2.25. The van der Waals surface area contributed by atoms with Gasteiger partial charge >= 0.3 is 0 Å². The predicted molar refractivity (Wildman–Crippen MR) is 50.5 cm³/mol. The van der Waals surface area contributed by atoms with E-state index in [0.717, 1.165) is 15.8 Å². The quantitative estimate of drug-likeness (QED) is 0.711. The monoisotopic (exact) mass is 213 g/mol. The van der Waals surface area contributed by atoms with Gasteiger partial charge in [0.05, 0.1) is 11.9 Å². The van der Waals surface area contributed by atoms with Crippen molar-refractivity contribution in [1.82, 2.24) is 25.2 Å². The second-order valence-electron chi connectivity index (χ2n) is 2.32. The summed E-state index contributed by atoms with van der Waals surface area (Å²) in [4.78, 5) is 1.55. The molecular formula is C6H7N5S2. The highest BCUT2D eigenvalue weighted by atomic mass is 32.2. The smallest absolute Gasteiger partial charge is 0.174 e. The fourth-order valence-corrected chi connectivity index (χ4v) is 2.18. The van der Waals surface area contributed by atoms with Crippen molar-refractivity contribution in [3.63, 3.8) is 0 Å². The third-order valence-electron chi connectivity index (χ3n) is 1.33. The van der Waals surface area contributed by atoms with Gasteiger partial charge in [-0.05, 0) is 0 Å². The first-order valence-corrected chi connectivity index (χ1v) is 5.45. The lowest BCUT2D eigenvalue weighted by molar-refractivity contribution is 0.649. The first kappa shape index (κ1) is 8.64. The number of aromatic nitrogens is 5. The average molecular weight is 213 g/mol. The topological polar surface area (TPSA) is 56.5 Å². The van der Waals surface area contributed by atoms with Crippen molar-refractivity contribution in [2.24, 2.45) is 7.05 Å². The van der Waals surface area contributed by atoms with Crippen molar-refractivity contribution in [3.8, 4) is 0 Å². The van der Waals surface area contributed by atoms with Crippen molar-refractivity contribution in [3.05, 3.63) is 17.4 Å². The maximum atomic E-state index is 4.15. The summed E-state index contributed by atoms with van der Waals surface area (Å²) in [5.41, 5.74) is 2.68. The molecule has 13 heavy (non-hydrogen) atoms. The Morgan fingerprint density at radius 1 is 1.62 bits per heavy atom. The van der Waals surface area contributed by atoms with E-state index in [-0.39, 0.29) is 0 Å². The van der Waals surface area contributed by atoms with Crippen LogP contribution in [0, 0.1) is 0 Å². The number of nitrogens with zero attached hydrogens (tertiary/aromatic N) is 5. The van der Waals surface area contributed by atoms with E-state index in [1.54, 1.807) is 35.3 Å². The average Bonchev–Trinajstić information content (AvgIpc) is 2.71. The number of hydrogen-bond donors (Lipinski definition) is 0. The SMILES string of the molecule is Cn1ncc(CSc2nncs2)n1. The largest absolute Gasteiger partial charge is 0.188 e. The van der Waals surface area contributed by atoms with E-state index in [9.17, 15) is 0 Å². The Hall–Kier alpha value is -0.950. The van der Waals surface area contributed by atoms with Gasteiger partial charge in [0, 0.05) is 12.8 Å². The number of thioether (sulfide) groups is 1. The molecule has 0 saturated heterocycles. The molecule has 0 N–H and O–H groups in total. The van der Waals surface area contributed by atoms with Crippen LogP contribution < -0.4 is 0 Å². The molecule has 0 fully saturated rings. The van der Waals surface area contributed by atoms with E-state index in [4.69, 9.17) is 0 Å². The van der Waals surface area contributed by atoms with E-state index in [1.165, 1.54) is 11.3 Å². The molecule has 0 saturated carbocycles. The fraction of sp³-hybridized carbons (Fsp3) is 0.333. The Morgan fingerprint density at radius 2 is 2.54 bits per heavy atom. The summed E-state index contributed by atoms with van der Waals surface area (Å²) in [7, 11) is 1.80. The first-order valence-electron chi connectivity index (χ1n) is 3.59. The lowest BCUT2D eigenvalue weighted by Gasteiger charge is -1.90. The molecular weight excluding hydrogens is 206 g/mol. The molecule has 0 aromatic carbocycles. The molecule has 0 spiro atoms. The molecule has 0 bridgehead atoms. The van der Waals surface area contributed by atoms with Crippen molar-refractivity contribution in [2.75, 3.05) is 0 Å². The minimum atomic E-state index is 0.795. The minimum Gasteiger partial charge on any atom is -0.188 e. The fourth-order valence-electron chi connectivity index (χ4n) is 0.815. The Labute approximate surface area is 83.2 Å². The Morgan fingerprint density at radius 3 is 3.15 bits per heavy atom. The van der Waals surface area contributed by atoms with Crippen LogP contribution in [0.3, 0.4) is 0 Å². The molecule has 5 nitrogen and oxygen atoms in total. The second kappa shape index (κ2) is 3.84. The summed E-state index contributed by atoms with van der Waals surface area (Å²) in [6.45, 7) is 0. The van der Waals surface area contributed by atoms with Crippen LogP contribution in [0.4, 0.5) is 0 Å². The second-order valence-corrected chi connectivity index (χ2v) is 4.37. The summed E-state index contributed by atoms with van der Waals surface area (Å²) in [5, 5.41) is 15.8. The van der Waals surface area contributed by atoms with Crippen LogP contribution in [0.25, 0.3) is 0 Å². The van der Waals surface area contributed by atoms with Crippen LogP contribution in [0.1, 0.15) is 5.69 Å². The van der Waals surface area contributed by atoms with E-state index >= 15 is 0 Å². The van der Waals surface area contributed by atoms with Gasteiger partial charge in [0.15, 0.2) is 4.34 Å². The Kier molecular flexibility index (Phi) is 2.55. The molecule has 7 heteroatoms. The zero-order valence-corrected chi connectivity index (χ0v) is 8.55. The number of rotatable bonds is 3. The molecule has 0 aliphatic carbocycles. The Bertz CT molecular complexity index is 368. The number of hydrogen-bond acceptors (Lipinski definition) is 6. The maximum absolute atomic E-state index is 4.15. The van der Waals surface area contributed by atoms with Gasteiger partial charge in [-0.3, -0.25) is 0 Å². The van der Waals surface area contributed by atoms with Gasteiger partial charge in [0.2, 0.25) is 0 Å². The summed E-state index contributed by atoms with van der Waals surface area (Å²) in [6, 6.07) is 0. The van der Waals surface area contributed by atoms with Crippen LogP contribution in [-0.4, -0.2) is 25.2 Å². The van der Waals surface area contributed by atoms with Crippen LogP contribution in [0.2, 0.25) is 0 Å². The van der Waals surface area contributed by atoms with E-state index in [1.807, 2.05) is 0 Å². The Balaban J connectivity index is 1.93. The molecule has 2 aromatic heterocycles. The maximum Gasteiger partial charge on any atom is 0.174 e. The summed E-state index contributed by atoms with van der Waals surface area (Å²) in [5.74, 6) is 0.795. The van der Waals surface area contributed by atoms with Crippen molar-refractivity contribution in [1.29, 1.82) is 0 Å². The van der Waals surface area contributed by atoms with Gasteiger partial charge in [0.25, 0.3) is 0 Å². The normalized spacial score (nSPS) is 10.5. The van der Waals surface area contributed by atoms with Crippen molar-refractivity contribution < 1.29 is 0 Å². The molecule has 0 aliphatic rings. The van der Waals surface area contributed by atoms with Gasteiger partial charge < -0.3 is 0 Å². The highest BCUT2D eigenvalue weighted by Gasteiger charge is 2.01. The molecule has 0 radical (unpaired) electrons. The van der Waals surface area contributed by atoms with Gasteiger partial charge in [0.1, 0.15) is 5.51 Å². The van der Waals surface area contributed by atoms with Gasteiger partial charge in [-0.25, -0.2) is 0 Å². The van der Waals surface area contributed by atoms with Crippen molar-refractivity contribution in [2.45, 2.75) is 10.1 Å².